The molecule has 3 heterocycles. The van der Waals surface area contributed by atoms with Crippen LogP contribution in [0.4, 0.5) is 20.6 Å². The van der Waals surface area contributed by atoms with Gasteiger partial charge in [-0.15, -0.1) is 0 Å². The third-order valence-electron chi connectivity index (χ3n) is 5.81. The van der Waals surface area contributed by atoms with Gasteiger partial charge in [0.25, 0.3) is 0 Å². The van der Waals surface area contributed by atoms with Gasteiger partial charge in [0.2, 0.25) is 0 Å². The van der Waals surface area contributed by atoms with Gasteiger partial charge in [0.05, 0.1) is 41.2 Å². The Hall–Kier alpha value is -1.93. The average molecular weight is 422 g/mol. The number of anilines is 2. The smallest absolute Gasteiger partial charge is 0.313 e. The van der Waals surface area contributed by atoms with Crippen molar-refractivity contribution in [3.05, 3.63) is 40.9 Å². The van der Waals surface area contributed by atoms with Gasteiger partial charge in [0.15, 0.2) is 0 Å². The summed E-state index contributed by atoms with van der Waals surface area (Å²) in [6.07, 6.45) is 6.18. The van der Waals surface area contributed by atoms with Crippen LogP contribution < -0.4 is 9.62 Å². The SMILES string of the molecule is O=C(Nc1ccc(F)c(Cl)c1)N1Cc2c(N3CCCS3)cnn2[C@H]2CCC[C@H]21. The van der Waals surface area contributed by atoms with Gasteiger partial charge < -0.3 is 14.5 Å². The topological polar surface area (TPSA) is 53.4 Å². The van der Waals surface area contributed by atoms with Gasteiger partial charge >= 0.3 is 6.03 Å². The Kier molecular flexibility index (Phi) is 4.63. The van der Waals surface area contributed by atoms with Gasteiger partial charge in [-0.25, -0.2) is 9.18 Å². The largest absolute Gasteiger partial charge is 0.322 e. The molecule has 1 aromatic heterocycles. The van der Waals surface area contributed by atoms with E-state index < -0.39 is 5.82 Å². The van der Waals surface area contributed by atoms with Crippen LogP contribution in [0.1, 0.15) is 37.4 Å². The van der Waals surface area contributed by atoms with Crippen LogP contribution >= 0.6 is 23.5 Å². The predicted octanol–water partition coefficient (Wildman–Crippen LogP) is 4.68. The van der Waals surface area contributed by atoms with Gasteiger partial charge in [-0.05, 0) is 55.8 Å². The van der Waals surface area contributed by atoms with Crippen LogP contribution in [0.15, 0.2) is 24.4 Å². The standard InChI is InChI=1S/C19H21ClFN5OS/c20-13-9-12(5-6-14(13)21)23-19(27)24-11-18-17(25-7-2-8-28-25)10-22-26(18)16-4-1-3-15(16)24/h5-6,9-10,15-16H,1-4,7-8,11H2,(H,23,27)/t15-,16+/m1/s1. The van der Waals surface area contributed by atoms with E-state index in [1.807, 2.05) is 23.0 Å². The normalized spacial score (nSPS) is 23.6. The maximum atomic E-state index is 13.4. The molecule has 0 spiro atoms. The highest BCUT2D eigenvalue weighted by atomic mass is 35.5. The molecule has 1 saturated carbocycles. The van der Waals surface area contributed by atoms with E-state index >= 15 is 0 Å². The van der Waals surface area contributed by atoms with Crippen LogP contribution in [0.3, 0.4) is 0 Å². The second kappa shape index (κ2) is 7.15. The van der Waals surface area contributed by atoms with E-state index in [0.717, 1.165) is 49.4 Å². The van der Waals surface area contributed by atoms with Crippen molar-refractivity contribution < 1.29 is 9.18 Å². The molecule has 1 aromatic carbocycles. The van der Waals surface area contributed by atoms with Crippen molar-refractivity contribution in [2.45, 2.75) is 44.3 Å². The minimum absolute atomic E-state index is 0.00149. The molecular weight excluding hydrogens is 401 g/mol. The minimum atomic E-state index is -0.495. The van der Waals surface area contributed by atoms with Crippen molar-refractivity contribution in [1.82, 2.24) is 14.7 Å². The first kappa shape index (κ1) is 18.1. The zero-order chi connectivity index (χ0) is 19.3. The zero-order valence-electron chi connectivity index (χ0n) is 15.3. The van der Waals surface area contributed by atoms with E-state index in [1.54, 1.807) is 0 Å². The maximum Gasteiger partial charge on any atom is 0.322 e. The second-order valence-electron chi connectivity index (χ2n) is 7.46. The third kappa shape index (κ3) is 3.03. The first-order valence-corrected chi connectivity index (χ1v) is 10.9. The number of nitrogens with zero attached hydrogens (tertiary/aromatic N) is 4. The molecule has 3 aliphatic rings. The molecule has 6 nitrogen and oxygen atoms in total. The number of amides is 2. The highest BCUT2D eigenvalue weighted by Gasteiger charge is 2.42. The lowest BCUT2D eigenvalue weighted by Gasteiger charge is -2.39. The molecule has 2 aromatic rings. The van der Waals surface area contributed by atoms with E-state index in [9.17, 15) is 9.18 Å². The van der Waals surface area contributed by atoms with E-state index in [4.69, 9.17) is 11.6 Å². The Bertz CT molecular complexity index is 902. The molecule has 9 heteroatoms. The summed E-state index contributed by atoms with van der Waals surface area (Å²) in [4.78, 5) is 15.0. The van der Waals surface area contributed by atoms with Crippen LogP contribution in [0, 0.1) is 5.82 Å². The molecule has 148 valence electrons. The molecule has 2 atom stereocenters. The minimum Gasteiger partial charge on any atom is -0.313 e. The molecule has 0 bridgehead atoms. The highest BCUT2D eigenvalue weighted by molar-refractivity contribution is 8.00. The Morgan fingerprint density at radius 2 is 2.14 bits per heavy atom. The summed E-state index contributed by atoms with van der Waals surface area (Å²) in [5.41, 5.74) is 2.72. The number of urea groups is 1. The van der Waals surface area contributed by atoms with Gasteiger partial charge in [-0.3, -0.25) is 4.68 Å². The molecule has 5 rings (SSSR count). The van der Waals surface area contributed by atoms with Gasteiger partial charge in [0, 0.05) is 18.0 Å². The fourth-order valence-electron chi connectivity index (χ4n) is 4.50. The summed E-state index contributed by atoms with van der Waals surface area (Å²) >= 11 is 7.68. The maximum absolute atomic E-state index is 13.4. The Morgan fingerprint density at radius 1 is 1.29 bits per heavy atom. The van der Waals surface area contributed by atoms with E-state index in [1.165, 1.54) is 18.2 Å². The average Bonchev–Trinajstić information content (AvgIpc) is 3.42. The summed E-state index contributed by atoms with van der Waals surface area (Å²) in [7, 11) is 0. The lowest BCUT2D eigenvalue weighted by molar-refractivity contribution is 0.139. The number of aromatic nitrogens is 2. The Labute approximate surface area is 172 Å². The van der Waals surface area contributed by atoms with Crippen LogP contribution in [0.25, 0.3) is 0 Å². The quantitative estimate of drug-likeness (QED) is 0.715. The molecule has 2 fully saturated rings. The highest BCUT2D eigenvalue weighted by Crippen LogP contribution is 2.43. The number of hydrogen-bond acceptors (Lipinski definition) is 4. The Balaban J connectivity index is 1.43. The van der Waals surface area contributed by atoms with Crippen molar-refractivity contribution in [1.29, 1.82) is 0 Å². The molecule has 28 heavy (non-hydrogen) atoms. The number of benzene rings is 1. The Morgan fingerprint density at radius 3 is 2.93 bits per heavy atom. The molecule has 2 aliphatic heterocycles. The summed E-state index contributed by atoms with van der Waals surface area (Å²) in [6.45, 7) is 1.53. The summed E-state index contributed by atoms with van der Waals surface area (Å²) in [6, 6.07) is 4.42. The second-order valence-corrected chi connectivity index (χ2v) is 8.98. The monoisotopic (exact) mass is 421 g/mol. The van der Waals surface area contributed by atoms with Crippen molar-refractivity contribution in [3.8, 4) is 0 Å². The molecule has 0 radical (unpaired) electrons. The molecule has 1 N–H and O–H groups in total. The predicted molar refractivity (Wildman–Crippen MR) is 109 cm³/mol. The summed E-state index contributed by atoms with van der Waals surface area (Å²) in [5, 5.41) is 7.58. The fraction of sp³-hybridized carbons (Fsp3) is 0.474. The zero-order valence-corrected chi connectivity index (χ0v) is 16.8. The number of carbonyl (C=O) groups is 1. The number of fused-ring (bicyclic) bond motifs is 3. The lowest BCUT2D eigenvalue weighted by atomic mass is 10.1. The van der Waals surface area contributed by atoms with Crippen LogP contribution in [0.2, 0.25) is 5.02 Å². The molecule has 1 saturated heterocycles. The van der Waals surface area contributed by atoms with Gasteiger partial charge in [-0.1, -0.05) is 11.6 Å². The molecule has 2 amide bonds. The van der Waals surface area contributed by atoms with Crippen LogP contribution in [-0.4, -0.2) is 39.1 Å². The number of hydrogen-bond donors (Lipinski definition) is 1. The molecule has 1 aliphatic carbocycles. The first-order chi connectivity index (χ1) is 13.6. The van der Waals surface area contributed by atoms with Gasteiger partial charge in [0.1, 0.15) is 5.82 Å². The van der Waals surface area contributed by atoms with E-state index in [-0.39, 0.29) is 23.1 Å². The lowest BCUT2D eigenvalue weighted by Crippen LogP contribution is -2.49. The summed E-state index contributed by atoms with van der Waals surface area (Å²) < 4.78 is 17.9. The number of nitrogens with one attached hydrogen (secondary N) is 1. The van der Waals surface area contributed by atoms with Crippen molar-refractivity contribution in [2.75, 3.05) is 21.9 Å². The van der Waals surface area contributed by atoms with E-state index in [0.29, 0.717) is 12.2 Å². The van der Waals surface area contributed by atoms with Crippen molar-refractivity contribution in [2.24, 2.45) is 0 Å². The third-order valence-corrected chi connectivity index (χ3v) is 7.26. The van der Waals surface area contributed by atoms with Gasteiger partial charge in [-0.2, -0.15) is 5.10 Å². The molecular formula is C19H21ClFN5OS. The first-order valence-electron chi connectivity index (χ1n) is 9.61. The van der Waals surface area contributed by atoms with E-state index in [2.05, 4.69) is 19.4 Å². The fourth-order valence-corrected chi connectivity index (χ4v) is 5.71. The molecule has 0 unspecified atom stereocenters. The van der Waals surface area contributed by atoms with Crippen LogP contribution in [-0.2, 0) is 6.54 Å². The number of carbonyl (C=O) groups excluding carboxylic acids is 1. The van der Waals surface area contributed by atoms with Crippen molar-refractivity contribution in [3.63, 3.8) is 0 Å². The van der Waals surface area contributed by atoms with Crippen LogP contribution in [0.5, 0.6) is 0 Å². The summed E-state index contributed by atoms with van der Waals surface area (Å²) in [5.74, 6) is 0.622. The number of halogens is 2. The van der Waals surface area contributed by atoms with Crippen molar-refractivity contribution >= 4 is 41.0 Å². The number of rotatable bonds is 2.